The van der Waals surface area contributed by atoms with Gasteiger partial charge in [-0.1, -0.05) is 17.7 Å². The minimum atomic E-state index is -0.806. The van der Waals surface area contributed by atoms with Gasteiger partial charge in [-0.05, 0) is 31.2 Å². The highest BCUT2D eigenvalue weighted by Gasteiger charge is 2.16. The Morgan fingerprint density at radius 3 is 2.75 bits per heavy atom. The Bertz CT molecular complexity index is 597. The molecule has 0 fully saturated rings. The highest BCUT2D eigenvalue weighted by atomic mass is 16.5. The maximum atomic E-state index is 11.7. The van der Waals surface area contributed by atoms with Crippen LogP contribution in [-0.2, 0) is 4.79 Å². The van der Waals surface area contributed by atoms with Crippen molar-refractivity contribution in [3.63, 3.8) is 0 Å². The van der Waals surface area contributed by atoms with E-state index in [0.717, 1.165) is 5.56 Å². The summed E-state index contributed by atoms with van der Waals surface area (Å²) in [5.41, 5.74) is 1.11. The maximum Gasteiger partial charge on any atom is 0.259 e. The van der Waals surface area contributed by atoms with Gasteiger partial charge in [0.05, 0.1) is 12.3 Å². The lowest BCUT2D eigenvalue weighted by molar-refractivity contribution is -0.123. The van der Waals surface area contributed by atoms with Crippen molar-refractivity contribution in [2.24, 2.45) is 0 Å². The van der Waals surface area contributed by atoms with Crippen molar-refractivity contribution in [1.82, 2.24) is 5.32 Å². The summed E-state index contributed by atoms with van der Waals surface area (Å²) in [6.45, 7) is 1.82. The van der Waals surface area contributed by atoms with Gasteiger partial charge < -0.3 is 14.5 Å². The topological polar surface area (TPSA) is 75.3 Å². The van der Waals surface area contributed by atoms with Crippen LogP contribution in [0.4, 0.5) is 0 Å². The molecule has 20 heavy (non-hydrogen) atoms. The zero-order valence-electron chi connectivity index (χ0n) is 11.0. The van der Waals surface area contributed by atoms with Crippen molar-refractivity contribution < 1.29 is 13.9 Å². The molecule has 2 rings (SSSR count). The van der Waals surface area contributed by atoms with Crippen molar-refractivity contribution in [3.05, 3.63) is 54.0 Å². The van der Waals surface area contributed by atoms with Gasteiger partial charge in [-0.2, -0.15) is 5.26 Å². The monoisotopic (exact) mass is 270 g/mol. The minimum absolute atomic E-state index is 0.151. The summed E-state index contributed by atoms with van der Waals surface area (Å²) in [6, 6.07) is 11.8. The Morgan fingerprint density at radius 2 is 2.15 bits per heavy atom. The Morgan fingerprint density at radius 1 is 1.40 bits per heavy atom. The van der Waals surface area contributed by atoms with Crippen molar-refractivity contribution >= 4 is 5.91 Å². The number of hydrogen-bond acceptors (Lipinski definition) is 4. The van der Waals surface area contributed by atoms with Crippen LogP contribution in [-0.4, -0.2) is 12.5 Å². The molecular weight excluding hydrogens is 256 g/mol. The first-order valence-corrected chi connectivity index (χ1v) is 6.11. The molecule has 1 amide bonds. The molecule has 0 bridgehead atoms. The minimum Gasteiger partial charge on any atom is -0.484 e. The number of benzene rings is 1. The summed E-state index contributed by atoms with van der Waals surface area (Å²) >= 11 is 0. The molecule has 1 N–H and O–H groups in total. The van der Waals surface area contributed by atoms with Crippen molar-refractivity contribution in [2.45, 2.75) is 13.0 Å². The summed E-state index contributed by atoms with van der Waals surface area (Å²) in [4.78, 5) is 11.7. The second kappa shape index (κ2) is 6.43. The number of furan rings is 1. The average Bonchev–Trinajstić information content (AvgIpc) is 2.98. The predicted molar refractivity (Wildman–Crippen MR) is 71.9 cm³/mol. The first-order chi connectivity index (χ1) is 9.69. The molecule has 0 saturated carbocycles. The Kier molecular flexibility index (Phi) is 4.40. The zero-order valence-corrected chi connectivity index (χ0v) is 11.0. The fourth-order valence-corrected chi connectivity index (χ4v) is 1.61. The van der Waals surface area contributed by atoms with Gasteiger partial charge in [-0.15, -0.1) is 0 Å². The second-order valence-electron chi connectivity index (χ2n) is 4.25. The number of amides is 1. The first-order valence-electron chi connectivity index (χ1n) is 6.11. The molecule has 102 valence electrons. The molecule has 5 heteroatoms. The van der Waals surface area contributed by atoms with E-state index >= 15 is 0 Å². The predicted octanol–water partition coefficient (Wildman–Crippen LogP) is 2.35. The zero-order chi connectivity index (χ0) is 14.4. The third-order valence-corrected chi connectivity index (χ3v) is 2.65. The molecule has 2 aromatic rings. The molecule has 1 atom stereocenters. The molecule has 1 aromatic carbocycles. The number of carbonyl (C=O) groups is 1. The molecule has 0 radical (unpaired) electrons. The summed E-state index contributed by atoms with van der Waals surface area (Å²) in [6.07, 6.45) is 1.45. The molecule has 0 saturated heterocycles. The molecule has 1 aromatic heterocycles. The Labute approximate surface area is 116 Å². The van der Waals surface area contributed by atoms with E-state index in [2.05, 4.69) is 5.32 Å². The summed E-state index contributed by atoms with van der Waals surface area (Å²) in [5, 5.41) is 11.5. The number of carbonyl (C=O) groups excluding carboxylic acids is 1. The third kappa shape index (κ3) is 3.62. The second-order valence-corrected chi connectivity index (χ2v) is 4.25. The van der Waals surface area contributed by atoms with Crippen LogP contribution >= 0.6 is 0 Å². The summed E-state index contributed by atoms with van der Waals surface area (Å²) in [7, 11) is 0. The number of rotatable bonds is 5. The van der Waals surface area contributed by atoms with Gasteiger partial charge in [-0.3, -0.25) is 4.79 Å². The normalized spacial score (nSPS) is 11.4. The van der Waals surface area contributed by atoms with E-state index in [0.29, 0.717) is 11.5 Å². The average molecular weight is 270 g/mol. The number of aryl methyl sites for hydroxylation is 1. The van der Waals surface area contributed by atoms with Crippen LogP contribution < -0.4 is 10.1 Å². The van der Waals surface area contributed by atoms with E-state index in [9.17, 15) is 4.79 Å². The number of nitrogens with zero attached hydrogens (tertiary/aromatic N) is 1. The maximum absolute atomic E-state index is 11.7. The summed E-state index contributed by atoms with van der Waals surface area (Å²) in [5.74, 6) is 0.627. The number of ether oxygens (including phenoxy) is 1. The SMILES string of the molecule is Cc1ccc(OCC(=O)NC(C#N)c2ccco2)cc1. The van der Waals surface area contributed by atoms with E-state index in [-0.39, 0.29) is 12.5 Å². The van der Waals surface area contributed by atoms with Gasteiger partial charge >= 0.3 is 0 Å². The van der Waals surface area contributed by atoms with Gasteiger partial charge in [0.2, 0.25) is 0 Å². The fourth-order valence-electron chi connectivity index (χ4n) is 1.61. The van der Waals surface area contributed by atoms with E-state index in [1.807, 2.05) is 25.1 Å². The largest absolute Gasteiger partial charge is 0.484 e. The molecule has 0 spiro atoms. The Balaban J connectivity index is 1.86. The van der Waals surface area contributed by atoms with Gasteiger partial charge in [0.25, 0.3) is 5.91 Å². The number of hydrogen-bond donors (Lipinski definition) is 1. The summed E-state index contributed by atoms with van der Waals surface area (Å²) < 4.78 is 10.4. The fraction of sp³-hybridized carbons (Fsp3) is 0.200. The van der Waals surface area contributed by atoms with Gasteiger partial charge in [0, 0.05) is 0 Å². The molecule has 5 nitrogen and oxygen atoms in total. The third-order valence-electron chi connectivity index (χ3n) is 2.65. The van der Waals surface area contributed by atoms with Crippen LogP contribution in [0, 0.1) is 18.3 Å². The van der Waals surface area contributed by atoms with Crippen LogP contribution in [0.3, 0.4) is 0 Å². The lowest BCUT2D eigenvalue weighted by Crippen LogP contribution is -2.31. The first kappa shape index (κ1) is 13.7. The van der Waals surface area contributed by atoms with Crippen LogP contribution in [0.5, 0.6) is 5.75 Å². The van der Waals surface area contributed by atoms with Gasteiger partial charge in [-0.25, -0.2) is 0 Å². The van der Waals surface area contributed by atoms with Crippen molar-refractivity contribution in [1.29, 1.82) is 5.26 Å². The highest BCUT2D eigenvalue weighted by Crippen LogP contribution is 2.13. The van der Waals surface area contributed by atoms with E-state index < -0.39 is 6.04 Å². The number of nitrogens with one attached hydrogen (secondary N) is 1. The smallest absolute Gasteiger partial charge is 0.259 e. The van der Waals surface area contributed by atoms with Crippen LogP contribution in [0.25, 0.3) is 0 Å². The lowest BCUT2D eigenvalue weighted by atomic mass is 10.2. The van der Waals surface area contributed by atoms with E-state index in [1.165, 1.54) is 6.26 Å². The Hall–Kier alpha value is -2.74. The molecule has 1 unspecified atom stereocenters. The molecule has 1 heterocycles. The molecule has 0 aliphatic carbocycles. The highest BCUT2D eigenvalue weighted by molar-refractivity contribution is 5.78. The number of nitriles is 1. The van der Waals surface area contributed by atoms with Gasteiger partial charge in [0.15, 0.2) is 12.6 Å². The lowest BCUT2D eigenvalue weighted by Gasteiger charge is -2.10. The molecular formula is C15H14N2O3. The van der Waals surface area contributed by atoms with Gasteiger partial charge in [0.1, 0.15) is 11.5 Å². The van der Waals surface area contributed by atoms with Crippen molar-refractivity contribution in [3.8, 4) is 11.8 Å². The molecule has 0 aliphatic heterocycles. The van der Waals surface area contributed by atoms with Crippen LogP contribution in [0.15, 0.2) is 47.1 Å². The van der Waals surface area contributed by atoms with E-state index in [1.54, 1.807) is 24.3 Å². The van der Waals surface area contributed by atoms with Crippen LogP contribution in [0.1, 0.15) is 17.4 Å². The van der Waals surface area contributed by atoms with E-state index in [4.69, 9.17) is 14.4 Å². The van der Waals surface area contributed by atoms with Crippen molar-refractivity contribution in [2.75, 3.05) is 6.61 Å². The quantitative estimate of drug-likeness (QED) is 0.904. The standard InChI is InChI=1S/C15H14N2O3/c1-11-4-6-12(7-5-11)20-10-15(18)17-13(9-16)14-3-2-8-19-14/h2-8,13H,10H2,1H3,(H,17,18). The van der Waals surface area contributed by atoms with Crippen LogP contribution in [0.2, 0.25) is 0 Å². The molecule has 0 aliphatic rings.